The van der Waals surface area contributed by atoms with Gasteiger partial charge in [-0.25, -0.2) is 9.78 Å². The molecule has 0 fully saturated rings. The highest BCUT2D eigenvalue weighted by molar-refractivity contribution is 7.80. The summed E-state index contributed by atoms with van der Waals surface area (Å²) in [7, 11) is 0. The molecule has 0 radical (unpaired) electrons. The monoisotopic (exact) mass is 389 g/mol. The maximum absolute atomic E-state index is 12.0. The summed E-state index contributed by atoms with van der Waals surface area (Å²) in [5.74, 6) is -1.32. The molecule has 0 aliphatic heterocycles. The largest absolute Gasteiger partial charge is 0.478 e. The van der Waals surface area contributed by atoms with E-state index >= 15 is 0 Å². The van der Waals surface area contributed by atoms with E-state index in [1.807, 2.05) is 16.0 Å². The van der Waals surface area contributed by atoms with Gasteiger partial charge in [0.25, 0.3) is 0 Å². The average Bonchev–Trinajstić information content (AvgIpc) is 3.08. The molecule has 3 rings (SSSR count). The van der Waals surface area contributed by atoms with Gasteiger partial charge in [-0.05, 0) is 24.7 Å². The number of allylic oxidation sites excluding steroid dienone is 3. The maximum Gasteiger partial charge on any atom is 0.335 e. The van der Waals surface area contributed by atoms with Crippen molar-refractivity contribution < 1.29 is 14.7 Å². The lowest BCUT2D eigenvalue weighted by molar-refractivity contribution is -0.132. The van der Waals surface area contributed by atoms with E-state index in [2.05, 4.69) is 21.2 Å². The number of thiocarbonyl (C=S) groups is 1. The Hall–Kier alpha value is -2.98. The van der Waals surface area contributed by atoms with Crippen LogP contribution in [-0.4, -0.2) is 31.5 Å². The van der Waals surface area contributed by atoms with Gasteiger partial charge in [-0.3, -0.25) is 20.0 Å². The van der Waals surface area contributed by atoms with Crippen molar-refractivity contribution in [2.24, 2.45) is 0 Å². The van der Waals surface area contributed by atoms with Crippen LogP contribution in [0.2, 0.25) is 0 Å². The highest BCUT2D eigenvalue weighted by Gasteiger charge is 2.10. The van der Waals surface area contributed by atoms with Crippen LogP contribution >= 0.6 is 23.6 Å². The Morgan fingerprint density at radius 2 is 2.23 bits per heavy atom. The van der Waals surface area contributed by atoms with E-state index in [4.69, 9.17) is 17.3 Å². The van der Waals surface area contributed by atoms with Crippen LogP contribution in [0.5, 0.6) is 0 Å². The van der Waals surface area contributed by atoms with E-state index in [-0.39, 0.29) is 23.0 Å². The second kappa shape index (κ2) is 7.93. The zero-order valence-electron chi connectivity index (χ0n) is 13.4. The summed E-state index contributed by atoms with van der Waals surface area (Å²) in [5.41, 5.74) is 6.42. The fourth-order valence-corrected chi connectivity index (χ4v) is 3.13. The van der Waals surface area contributed by atoms with E-state index in [1.165, 1.54) is 23.5 Å². The van der Waals surface area contributed by atoms with Crippen LogP contribution in [0.25, 0.3) is 4.96 Å². The Morgan fingerprint density at radius 3 is 3.00 bits per heavy atom. The van der Waals surface area contributed by atoms with Crippen molar-refractivity contribution in [3.8, 4) is 0 Å². The van der Waals surface area contributed by atoms with Gasteiger partial charge in [0.05, 0.1) is 17.7 Å². The van der Waals surface area contributed by atoms with E-state index in [0.717, 1.165) is 4.96 Å². The molecule has 1 aliphatic carbocycles. The smallest absolute Gasteiger partial charge is 0.335 e. The average molecular weight is 389 g/mol. The van der Waals surface area contributed by atoms with Crippen LogP contribution in [0.4, 0.5) is 0 Å². The summed E-state index contributed by atoms with van der Waals surface area (Å²) in [4.78, 5) is 28.2. The van der Waals surface area contributed by atoms with Gasteiger partial charge < -0.3 is 10.4 Å². The molecule has 0 unspecified atom stereocenters. The summed E-state index contributed by atoms with van der Waals surface area (Å²) in [6.07, 6.45) is 10.9. The summed E-state index contributed by atoms with van der Waals surface area (Å²) in [5, 5.41) is 14.0. The number of carboxylic acids is 1. The number of carboxylic acid groups (broad SMARTS) is 1. The summed E-state index contributed by atoms with van der Waals surface area (Å²) >= 11 is 6.60. The minimum absolute atomic E-state index is 0.111. The number of hydrogen-bond donors (Lipinski definition) is 4. The van der Waals surface area contributed by atoms with Gasteiger partial charge in [0, 0.05) is 23.5 Å². The van der Waals surface area contributed by atoms with E-state index in [0.29, 0.717) is 17.8 Å². The molecule has 0 bridgehead atoms. The molecule has 0 aromatic carbocycles. The van der Waals surface area contributed by atoms with Gasteiger partial charge in [-0.15, -0.1) is 11.3 Å². The fraction of sp³-hybridized carbons (Fsp3) is 0.125. The van der Waals surface area contributed by atoms with E-state index in [1.54, 1.807) is 18.3 Å². The molecule has 134 valence electrons. The van der Waals surface area contributed by atoms with Crippen LogP contribution < -0.4 is 16.2 Å². The van der Waals surface area contributed by atoms with Crippen molar-refractivity contribution in [3.05, 3.63) is 59.0 Å². The SMILES string of the molecule is O=C(Cc1cn2ccsc2n1)NNC(=S)NC1=CCC=CC(C(=O)O)=C1. The molecule has 1 amide bonds. The lowest BCUT2D eigenvalue weighted by Crippen LogP contribution is -2.46. The number of hydrogen-bond acceptors (Lipinski definition) is 5. The van der Waals surface area contributed by atoms with Crippen molar-refractivity contribution in [2.75, 3.05) is 0 Å². The standard InChI is InChI=1S/C16H15N5O3S2/c22-13(8-12-9-21-5-6-26-16(21)18-12)19-20-15(25)17-11-4-2-1-3-10(7-11)14(23)24/h1,3-7,9H,2,8H2,(H,19,22)(H,23,24)(H2,17,20,25). The van der Waals surface area contributed by atoms with Crippen LogP contribution in [0.15, 0.2) is 53.3 Å². The molecular weight excluding hydrogens is 374 g/mol. The lowest BCUT2D eigenvalue weighted by Gasteiger charge is -2.12. The first kappa shape index (κ1) is 17.8. The Balaban J connectivity index is 1.49. The number of amides is 1. The zero-order valence-corrected chi connectivity index (χ0v) is 15.1. The second-order valence-electron chi connectivity index (χ2n) is 5.33. The predicted molar refractivity (Wildman–Crippen MR) is 101 cm³/mol. The van der Waals surface area contributed by atoms with Crippen LogP contribution in [0, 0.1) is 0 Å². The van der Waals surface area contributed by atoms with Crippen molar-refractivity contribution >= 4 is 45.5 Å². The van der Waals surface area contributed by atoms with E-state index in [9.17, 15) is 9.59 Å². The normalized spacial score (nSPS) is 13.5. The highest BCUT2D eigenvalue weighted by atomic mass is 32.1. The number of nitrogens with zero attached hydrogens (tertiary/aromatic N) is 2. The highest BCUT2D eigenvalue weighted by Crippen LogP contribution is 2.11. The van der Waals surface area contributed by atoms with Crippen molar-refractivity contribution in [2.45, 2.75) is 12.8 Å². The molecule has 8 nitrogen and oxygen atoms in total. The molecule has 0 saturated carbocycles. The number of thiazole rings is 1. The Bertz CT molecular complexity index is 926. The Labute approximate surface area is 157 Å². The third-order valence-corrected chi connectivity index (χ3v) is 4.36. The van der Waals surface area contributed by atoms with Crippen LogP contribution in [0.3, 0.4) is 0 Å². The summed E-state index contributed by atoms with van der Waals surface area (Å²) in [6, 6.07) is 0. The lowest BCUT2D eigenvalue weighted by atomic mass is 10.2. The molecule has 10 heteroatoms. The Morgan fingerprint density at radius 1 is 1.38 bits per heavy atom. The molecule has 0 spiro atoms. The molecule has 0 atom stereocenters. The summed E-state index contributed by atoms with van der Waals surface area (Å²) in [6.45, 7) is 0. The van der Waals surface area contributed by atoms with Gasteiger partial charge in [-0.1, -0.05) is 18.2 Å². The third kappa shape index (κ3) is 4.55. The number of fused-ring (bicyclic) bond motifs is 1. The third-order valence-electron chi connectivity index (χ3n) is 3.39. The first-order chi connectivity index (χ1) is 12.5. The number of aliphatic carboxylic acids is 1. The molecule has 26 heavy (non-hydrogen) atoms. The van der Waals surface area contributed by atoms with Gasteiger partial charge >= 0.3 is 5.97 Å². The van der Waals surface area contributed by atoms with Crippen LogP contribution in [0.1, 0.15) is 12.1 Å². The van der Waals surface area contributed by atoms with Gasteiger partial charge in [0.15, 0.2) is 10.1 Å². The van der Waals surface area contributed by atoms with Gasteiger partial charge in [0.1, 0.15) is 0 Å². The molecule has 2 aromatic rings. The molecular formula is C16H15N5O3S2. The van der Waals surface area contributed by atoms with Crippen molar-refractivity contribution in [3.63, 3.8) is 0 Å². The van der Waals surface area contributed by atoms with Crippen molar-refractivity contribution in [1.29, 1.82) is 0 Å². The first-order valence-corrected chi connectivity index (χ1v) is 8.88. The summed E-state index contributed by atoms with van der Waals surface area (Å²) < 4.78 is 1.85. The number of imidazole rings is 1. The molecule has 2 heterocycles. The molecule has 1 aliphatic rings. The number of nitrogens with one attached hydrogen (secondary N) is 3. The number of rotatable bonds is 4. The van der Waals surface area contributed by atoms with Crippen molar-refractivity contribution in [1.82, 2.24) is 25.6 Å². The molecule has 2 aromatic heterocycles. The number of carbonyl (C=O) groups is 2. The first-order valence-electron chi connectivity index (χ1n) is 7.60. The number of hydrazine groups is 1. The quantitative estimate of drug-likeness (QED) is 0.461. The van der Waals surface area contributed by atoms with E-state index < -0.39 is 5.97 Å². The van der Waals surface area contributed by atoms with Crippen LogP contribution in [-0.2, 0) is 16.0 Å². The minimum Gasteiger partial charge on any atom is -0.478 e. The topological polar surface area (TPSA) is 108 Å². The van der Waals surface area contributed by atoms with Gasteiger partial charge in [0.2, 0.25) is 5.91 Å². The second-order valence-corrected chi connectivity index (χ2v) is 6.61. The minimum atomic E-state index is -1.02. The maximum atomic E-state index is 12.0. The number of carbonyl (C=O) groups excluding carboxylic acids is 1. The fourth-order valence-electron chi connectivity index (χ4n) is 2.24. The predicted octanol–water partition coefficient (Wildman–Crippen LogP) is 1.29. The zero-order chi connectivity index (χ0) is 18.5. The molecule has 4 N–H and O–H groups in total. The number of aromatic nitrogens is 2. The Kier molecular flexibility index (Phi) is 5.44. The molecule has 0 saturated heterocycles. The van der Waals surface area contributed by atoms with Gasteiger partial charge in [-0.2, -0.15) is 0 Å².